The minimum absolute atomic E-state index is 0.0116. The molecule has 226 valence electrons. The van der Waals surface area contributed by atoms with Crippen molar-refractivity contribution in [1.29, 1.82) is 0 Å². The van der Waals surface area contributed by atoms with Crippen molar-refractivity contribution in [2.24, 2.45) is 0 Å². The minimum atomic E-state index is -0.0401. The molecule has 3 heteroatoms. The Bertz CT molecular complexity index is 2390. The maximum absolute atomic E-state index is 4.68. The van der Waals surface area contributed by atoms with Gasteiger partial charge in [0.2, 0.25) is 0 Å². The number of fused-ring (bicyclic) bond motifs is 6. The summed E-state index contributed by atoms with van der Waals surface area (Å²) in [7, 11) is 0. The lowest BCUT2D eigenvalue weighted by Crippen LogP contribution is -2.13. The predicted molar refractivity (Wildman–Crippen MR) is 196 cm³/mol. The largest absolute Gasteiger partial charge is 0.309 e. The first-order valence-electron chi connectivity index (χ1n) is 16.2. The summed E-state index contributed by atoms with van der Waals surface area (Å²) in [6.45, 7) is 13.6. The highest BCUT2D eigenvalue weighted by atomic mass is 15.0. The molecule has 5 aromatic carbocycles. The Morgan fingerprint density at radius 2 is 0.913 bits per heavy atom. The molecule has 0 spiro atoms. The van der Waals surface area contributed by atoms with E-state index in [1.807, 2.05) is 6.20 Å². The first kappa shape index (κ1) is 28.3. The lowest BCUT2D eigenvalue weighted by atomic mass is 9.86. The van der Waals surface area contributed by atoms with Crippen LogP contribution >= 0.6 is 0 Å². The summed E-state index contributed by atoms with van der Waals surface area (Å²) in [5, 5.41) is 5.05. The van der Waals surface area contributed by atoms with Gasteiger partial charge < -0.3 is 9.13 Å². The number of rotatable bonds is 3. The zero-order valence-electron chi connectivity index (χ0n) is 27.5. The summed E-state index contributed by atoms with van der Waals surface area (Å²) in [5.41, 5.74) is 12.0. The molecule has 0 bridgehead atoms. The topological polar surface area (TPSA) is 22.8 Å². The lowest BCUT2D eigenvalue weighted by Gasteiger charge is -2.23. The molecule has 3 nitrogen and oxygen atoms in total. The normalized spacial score (nSPS) is 12.6. The van der Waals surface area contributed by atoms with Crippen molar-refractivity contribution in [2.75, 3.05) is 0 Å². The third-order valence-electron chi connectivity index (χ3n) is 9.40. The summed E-state index contributed by atoms with van der Waals surface area (Å²) in [5.74, 6) is 0. The van der Waals surface area contributed by atoms with Crippen LogP contribution in [-0.4, -0.2) is 14.1 Å². The van der Waals surface area contributed by atoms with E-state index < -0.39 is 0 Å². The molecule has 0 fully saturated rings. The number of hydrogen-bond donors (Lipinski definition) is 0. The van der Waals surface area contributed by atoms with Gasteiger partial charge in [-0.15, -0.1) is 0 Å². The van der Waals surface area contributed by atoms with Crippen LogP contribution in [0.5, 0.6) is 0 Å². The van der Waals surface area contributed by atoms with Gasteiger partial charge in [-0.1, -0.05) is 102 Å². The van der Waals surface area contributed by atoms with E-state index in [9.17, 15) is 0 Å². The summed E-state index contributed by atoms with van der Waals surface area (Å²) in [6.07, 6.45) is 1.94. The van der Waals surface area contributed by atoms with Crippen LogP contribution in [0.3, 0.4) is 0 Å². The maximum Gasteiger partial charge on any atom is 0.0541 e. The van der Waals surface area contributed by atoms with Crippen molar-refractivity contribution < 1.29 is 0 Å². The predicted octanol–water partition coefficient (Wildman–Crippen LogP) is 11.5. The van der Waals surface area contributed by atoms with E-state index >= 15 is 0 Å². The summed E-state index contributed by atoms with van der Waals surface area (Å²) in [6, 6.07) is 44.7. The average molecular weight is 598 g/mol. The zero-order chi connectivity index (χ0) is 31.8. The van der Waals surface area contributed by atoms with Crippen molar-refractivity contribution in [3.8, 4) is 22.5 Å². The van der Waals surface area contributed by atoms with Crippen LogP contribution in [0.15, 0.2) is 128 Å². The van der Waals surface area contributed by atoms with Crippen molar-refractivity contribution in [3.05, 3.63) is 139 Å². The van der Waals surface area contributed by atoms with Crippen molar-refractivity contribution in [1.82, 2.24) is 14.1 Å². The second-order valence-corrected chi connectivity index (χ2v) is 14.6. The van der Waals surface area contributed by atoms with E-state index in [1.54, 1.807) is 0 Å². The van der Waals surface area contributed by atoms with Crippen LogP contribution < -0.4 is 0 Å². The first-order chi connectivity index (χ1) is 22.1. The zero-order valence-corrected chi connectivity index (χ0v) is 27.5. The monoisotopic (exact) mass is 597 g/mol. The molecule has 0 unspecified atom stereocenters. The van der Waals surface area contributed by atoms with E-state index in [0.29, 0.717) is 0 Å². The molecular formula is C43H39N3. The van der Waals surface area contributed by atoms with E-state index in [-0.39, 0.29) is 10.8 Å². The number of hydrogen-bond acceptors (Lipinski definition) is 1. The van der Waals surface area contributed by atoms with Crippen LogP contribution in [0.4, 0.5) is 0 Å². The van der Waals surface area contributed by atoms with Gasteiger partial charge >= 0.3 is 0 Å². The van der Waals surface area contributed by atoms with Gasteiger partial charge in [0, 0.05) is 50.2 Å². The van der Waals surface area contributed by atoms with Crippen molar-refractivity contribution in [2.45, 2.75) is 52.4 Å². The summed E-state index contributed by atoms with van der Waals surface area (Å²) in [4.78, 5) is 4.68. The van der Waals surface area contributed by atoms with Gasteiger partial charge in [-0.05, 0) is 82.8 Å². The van der Waals surface area contributed by atoms with Gasteiger partial charge in [0.25, 0.3) is 0 Å². The van der Waals surface area contributed by atoms with Crippen LogP contribution in [0.2, 0.25) is 0 Å². The molecule has 46 heavy (non-hydrogen) atoms. The molecule has 8 rings (SSSR count). The molecular weight excluding hydrogens is 558 g/mol. The Labute approximate surface area is 270 Å². The molecule has 0 aliphatic rings. The Morgan fingerprint density at radius 3 is 1.43 bits per heavy atom. The quantitative estimate of drug-likeness (QED) is 0.199. The fourth-order valence-corrected chi connectivity index (χ4v) is 6.94. The molecule has 0 N–H and O–H groups in total. The smallest absolute Gasteiger partial charge is 0.0541 e. The SMILES string of the molecule is CC(C)(C)c1cc(-n2c3ccccc3c3ccccc32)cc(-n2c3ccccc3c3cc(-c4ccnc(C(C)(C)C)c4)ccc32)c1. The van der Waals surface area contributed by atoms with Crippen molar-refractivity contribution >= 4 is 43.6 Å². The number of nitrogens with zero attached hydrogens (tertiary/aromatic N) is 3. The third kappa shape index (κ3) is 4.53. The van der Waals surface area contributed by atoms with E-state index in [2.05, 4.69) is 177 Å². The maximum atomic E-state index is 4.68. The van der Waals surface area contributed by atoms with Crippen LogP contribution in [-0.2, 0) is 10.8 Å². The second-order valence-electron chi connectivity index (χ2n) is 14.6. The molecule has 0 aliphatic carbocycles. The van der Waals surface area contributed by atoms with Gasteiger partial charge in [-0.3, -0.25) is 4.98 Å². The van der Waals surface area contributed by atoms with Gasteiger partial charge in [0.05, 0.1) is 22.1 Å². The second kappa shape index (κ2) is 10.2. The van der Waals surface area contributed by atoms with Crippen LogP contribution in [0, 0.1) is 0 Å². The van der Waals surface area contributed by atoms with E-state index in [1.165, 1.54) is 71.7 Å². The fourth-order valence-electron chi connectivity index (χ4n) is 6.94. The Hall–Kier alpha value is -5.15. The summed E-state index contributed by atoms with van der Waals surface area (Å²) < 4.78 is 4.89. The highest BCUT2D eigenvalue weighted by Crippen LogP contribution is 2.39. The van der Waals surface area contributed by atoms with Crippen LogP contribution in [0.1, 0.15) is 52.8 Å². The molecule has 0 saturated heterocycles. The van der Waals surface area contributed by atoms with Gasteiger partial charge in [-0.25, -0.2) is 0 Å². The Balaban J connectivity index is 1.40. The molecule has 0 amide bonds. The number of pyridine rings is 1. The molecule has 3 aromatic heterocycles. The number of aromatic nitrogens is 3. The molecule has 0 atom stereocenters. The summed E-state index contributed by atoms with van der Waals surface area (Å²) >= 11 is 0. The molecule has 0 saturated carbocycles. The fraction of sp³-hybridized carbons (Fsp3) is 0.186. The van der Waals surface area contributed by atoms with Gasteiger partial charge in [0.15, 0.2) is 0 Å². The first-order valence-corrected chi connectivity index (χ1v) is 16.2. The molecule has 8 aromatic rings. The van der Waals surface area contributed by atoms with E-state index in [4.69, 9.17) is 0 Å². The van der Waals surface area contributed by atoms with Crippen molar-refractivity contribution in [3.63, 3.8) is 0 Å². The standard InChI is InChI=1S/C43H39N3/c1-42(2,3)30-25-31(45-37-16-10-7-13-33(37)34-14-8-11-17-38(34)45)27-32(26-30)46-39-18-12-9-15-35(39)36-23-28(19-20-40(36)46)29-21-22-44-41(24-29)43(4,5)6/h7-27H,1-6H3. The van der Waals surface area contributed by atoms with E-state index in [0.717, 1.165) is 5.69 Å². The Kier molecular flexibility index (Phi) is 6.27. The average Bonchev–Trinajstić information content (AvgIpc) is 3.56. The highest BCUT2D eigenvalue weighted by Gasteiger charge is 2.21. The van der Waals surface area contributed by atoms with Gasteiger partial charge in [-0.2, -0.15) is 0 Å². The molecule has 0 radical (unpaired) electrons. The molecule has 0 aliphatic heterocycles. The number of para-hydroxylation sites is 3. The third-order valence-corrected chi connectivity index (χ3v) is 9.40. The van der Waals surface area contributed by atoms with Crippen LogP contribution in [0.25, 0.3) is 66.1 Å². The molecule has 3 heterocycles. The lowest BCUT2D eigenvalue weighted by molar-refractivity contribution is 0.569. The van der Waals surface area contributed by atoms with Gasteiger partial charge in [0.1, 0.15) is 0 Å². The Morgan fingerprint density at radius 1 is 0.435 bits per heavy atom. The highest BCUT2D eigenvalue weighted by molar-refractivity contribution is 6.11. The minimum Gasteiger partial charge on any atom is -0.309 e. The number of benzene rings is 5.